The molecule has 4 N–H and O–H groups in total. The Morgan fingerprint density at radius 2 is 1.87 bits per heavy atom. The van der Waals surface area contributed by atoms with E-state index in [1.54, 1.807) is 0 Å². The summed E-state index contributed by atoms with van der Waals surface area (Å²) in [7, 11) is -3.94. The fourth-order valence-electron chi connectivity index (χ4n) is 2.91. The summed E-state index contributed by atoms with van der Waals surface area (Å²) in [4.78, 5) is 6.96. The summed E-state index contributed by atoms with van der Waals surface area (Å²) in [5.74, 6) is -4.59. The molecule has 0 spiro atoms. The lowest BCUT2D eigenvalue weighted by molar-refractivity contribution is -0.143. The van der Waals surface area contributed by atoms with Gasteiger partial charge in [0.05, 0.1) is 17.4 Å². The Kier molecular flexibility index (Phi) is 6.08. The molecule has 1 aromatic carbocycles. The second-order valence-corrected chi connectivity index (χ2v) is 8.49. The molecule has 0 radical (unpaired) electrons. The number of benzene rings is 1. The molecule has 31 heavy (non-hydrogen) atoms. The summed E-state index contributed by atoms with van der Waals surface area (Å²) >= 11 is 0. The van der Waals surface area contributed by atoms with Crippen LogP contribution >= 0.6 is 0 Å². The average molecular weight is 468 g/mol. The smallest absolute Gasteiger partial charge is 0.423 e. The lowest BCUT2D eigenvalue weighted by Crippen LogP contribution is -2.43. The molecular formula is C17H17F5N4O4S. The van der Waals surface area contributed by atoms with Crippen molar-refractivity contribution in [1.82, 2.24) is 9.97 Å². The number of aromatic nitrogens is 2. The summed E-state index contributed by atoms with van der Waals surface area (Å²) < 4.78 is 94.8. The van der Waals surface area contributed by atoms with Crippen LogP contribution < -0.4 is 15.2 Å². The first-order valence-electron chi connectivity index (χ1n) is 8.81. The number of nitrogens with two attached hydrogens (primary N) is 1. The Balaban J connectivity index is 1.88. The van der Waals surface area contributed by atoms with Gasteiger partial charge in [-0.05, 0) is 30.7 Å². The number of aliphatic hydroxyl groups excluding tert-OH is 1. The number of sulfonamides is 1. The van der Waals surface area contributed by atoms with Gasteiger partial charge in [0, 0.05) is 18.3 Å². The number of ether oxygens (including phenoxy) is 1. The van der Waals surface area contributed by atoms with Crippen LogP contribution in [-0.2, 0) is 16.2 Å². The van der Waals surface area contributed by atoms with Gasteiger partial charge in [-0.25, -0.2) is 27.3 Å². The number of alkyl halides is 5. The van der Waals surface area contributed by atoms with Gasteiger partial charge in [-0.3, -0.25) is 0 Å². The molecule has 1 aliphatic carbocycles. The van der Waals surface area contributed by atoms with E-state index in [1.807, 2.05) is 0 Å². The van der Waals surface area contributed by atoms with Crippen LogP contribution in [0.25, 0.3) is 0 Å². The zero-order valence-corrected chi connectivity index (χ0v) is 16.4. The van der Waals surface area contributed by atoms with E-state index in [9.17, 15) is 35.5 Å². The van der Waals surface area contributed by atoms with Crippen molar-refractivity contribution >= 4 is 21.7 Å². The molecule has 1 fully saturated rings. The van der Waals surface area contributed by atoms with Gasteiger partial charge in [0.1, 0.15) is 11.7 Å². The van der Waals surface area contributed by atoms with E-state index in [0.717, 1.165) is 12.1 Å². The number of aliphatic hydroxyl groups is 1. The van der Waals surface area contributed by atoms with Gasteiger partial charge in [0.25, 0.3) is 5.92 Å². The topological polar surface area (TPSA) is 127 Å². The Bertz CT molecular complexity index is 1050. The quantitative estimate of drug-likeness (QED) is 0.576. The summed E-state index contributed by atoms with van der Waals surface area (Å²) in [5.41, 5.74) is -1.19. The molecule has 2 unspecified atom stereocenters. The first-order chi connectivity index (χ1) is 14.2. The molecule has 1 heterocycles. The molecule has 1 saturated carbocycles. The standard InChI is InChI=1S/C17H17F5N4O4S/c18-16(19)6-5-12(27)13(7-16)30-14-11(17(20,21)22)8-24-15(26-14)25-9-1-3-10(4-2-9)31(23,28)29/h1-4,8,12-13,27H,5-7H2,(H2,23,28,29)(H,24,25,26). The van der Waals surface area contributed by atoms with Crippen LogP contribution in [-0.4, -0.2) is 41.6 Å². The van der Waals surface area contributed by atoms with E-state index >= 15 is 0 Å². The predicted octanol–water partition coefficient (Wildman–Crippen LogP) is 2.81. The Morgan fingerprint density at radius 3 is 2.45 bits per heavy atom. The van der Waals surface area contributed by atoms with Crippen molar-refractivity contribution in [3.63, 3.8) is 0 Å². The van der Waals surface area contributed by atoms with Crippen LogP contribution in [0.2, 0.25) is 0 Å². The molecule has 2 aromatic rings. The molecule has 0 saturated heterocycles. The lowest BCUT2D eigenvalue weighted by Gasteiger charge is -2.33. The normalized spacial score (nSPS) is 21.5. The molecule has 2 atom stereocenters. The van der Waals surface area contributed by atoms with Crippen LogP contribution in [0, 0.1) is 0 Å². The summed E-state index contributed by atoms with van der Waals surface area (Å²) in [6.45, 7) is 0. The second kappa shape index (κ2) is 8.16. The molecule has 0 aliphatic heterocycles. The molecule has 0 amide bonds. The third-order valence-corrected chi connectivity index (χ3v) is 5.43. The van der Waals surface area contributed by atoms with Crippen molar-refractivity contribution < 1.29 is 40.2 Å². The first-order valence-corrected chi connectivity index (χ1v) is 10.4. The van der Waals surface area contributed by atoms with Gasteiger partial charge in [0.15, 0.2) is 0 Å². The van der Waals surface area contributed by atoms with Crippen molar-refractivity contribution in [2.45, 2.75) is 48.5 Å². The summed E-state index contributed by atoms with van der Waals surface area (Å²) in [6.07, 6.45) is -9.42. The number of primary sulfonamides is 1. The van der Waals surface area contributed by atoms with E-state index in [0.29, 0.717) is 6.20 Å². The zero-order valence-electron chi connectivity index (χ0n) is 15.6. The number of nitrogens with one attached hydrogen (secondary N) is 1. The highest BCUT2D eigenvalue weighted by Crippen LogP contribution is 2.39. The van der Waals surface area contributed by atoms with Gasteiger partial charge < -0.3 is 15.2 Å². The van der Waals surface area contributed by atoms with Crippen LogP contribution in [0.3, 0.4) is 0 Å². The minimum Gasteiger partial charge on any atom is -0.471 e. The molecule has 0 bridgehead atoms. The highest BCUT2D eigenvalue weighted by molar-refractivity contribution is 7.89. The van der Waals surface area contributed by atoms with E-state index in [1.165, 1.54) is 12.1 Å². The third kappa shape index (κ3) is 5.77. The number of hydrogen-bond donors (Lipinski definition) is 3. The number of rotatable bonds is 5. The Hall–Kier alpha value is -2.58. The third-order valence-electron chi connectivity index (χ3n) is 4.50. The van der Waals surface area contributed by atoms with Crippen molar-refractivity contribution in [3.8, 4) is 5.88 Å². The maximum Gasteiger partial charge on any atom is 0.423 e. The first kappa shape index (κ1) is 23.1. The minimum atomic E-state index is -4.94. The Morgan fingerprint density at radius 1 is 1.23 bits per heavy atom. The van der Waals surface area contributed by atoms with E-state index in [2.05, 4.69) is 15.3 Å². The van der Waals surface area contributed by atoms with Crippen molar-refractivity contribution in [2.24, 2.45) is 5.14 Å². The largest absolute Gasteiger partial charge is 0.471 e. The van der Waals surface area contributed by atoms with Gasteiger partial charge >= 0.3 is 6.18 Å². The summed E-state index contributed by atoms with van der Waals surface area (Å²) in [5, 5.41) is 17.4. The number of anilines is 2. The van der Waals surface area contributed by atoms with Gasteiger partial charge in [0.2, 0.25) is 21.9 Å². The zero-order chi connectivity index (χ0) is 23.0. The van der Waals surface area contributed by atoms with Crippen molar-refractivity contribution in [2.75, 3.05) is 5.32 Å². The molecular weight excluding hydrogens is 451 g/mol. The lowest BCUT2D eigenvalue weighted by atomic mass is 9.91. The van der Waals surface area contributed by atoms with Crippen LogP contribution in [0.4, 0.5) is 33.6 Å². The number of halogens is 5. The second-order valence-electron chi connectivity index (χ2n) is 6.93. The molecule has 1 aliphatic rings. The fourth-order valence-corrected chi connectivity index (χ4v) is 3.42. The fraction of sp³-hybridized carbons (Fsp3) is 0.412. The van der Waals surface area contributed by atoms with Crippen LogP contribution in [0.15, 0.2) is 35.4 Å². The maximum atomic E-state index is 13.6. The van der Waals surface area contributed by atoms with Gasteiger partial charge in [-0.2, -0.15) is 18.2 Å². The molecule has 14 heteroatoms. The Labute approximate surface area is 173 Å². The number of nitrogens with zero attached hydrogens (tertiary/aromatic N) is 2. The van der Waals surface area contributed by atoms with Crippen molar-refractivity contribution in [1.29, 1.82) is 0 Å². The maximum absolute atomic E-state index is 13.6. The highest BCUT2D eigenvalue weighted by Gasteiger charge is 2.44. The van der Waals surface area contributed by atoms with E-state index in [-0.39, 0.29) is 23.0 Å². The van der Waals surface area contributed by atoms with Crippen LogP contribution in [0.5, 0.6) is 5.88 Å². The van der Waals surface area contributed by atoms with E-state index in [4.69, 9.17) is 9.88 Å². The minimum absolute atomic E-state index is 0.192. The van der Waals surface area contributed by atoms with Crippen molar-refractivity contribution in [3.05, 3.63) is 36.0 Å². The predicted molar refractivity (Wildman–Crippen MR) is 97.4 cm³/mol. The van der Waals surface area contributed by atoms with Gasteiger partial charge in [-0.15, -0.1) is 0 Å². The average Bonchev–Trinajstić information content (AvgIpc) is 2.63. The molecule has 170 valence electrons. The molecule has 3 rings (SSSR count). The monoisotopic (exact) mass is 468 g/mol. The summed E-state index contributed by atoms with van der Waals surface area (Å²) in [6, 6.07) is 4.85. The van der Waals surface area contributed by atoms with E-state index < -0.39 is 58.6 Å². The van der Waals surface area contributed by atoms with Crippen LogP contribution in [0.1, 0.15) is 24.8 Å². The highest BCUT2D eigenvalue weighted by atomic mass is 32.2. The van der Waals surface area contributed by atoms with Gasteiger partial charge in [-0.1, -0.05) is 0 Å². The molecule has 1 aromatic heterocycles. The molecule has 8 nitrogen and oxygen atoms in total. The number of hydrogen-bond acceptors (Lipinski definition) is 7. The SMILES string of the molecule is NS(=O)(=O)c1ccc(Nc2ncc(C(F)(F)F)c(OC3CC(F)(F)CCC3O)n2)cc1.